The minimum absolute atomic E-state index is 0.0606. The van der Waals surface area contributed by atoms with E-state index in [-0.39, 0.29) is 11.9 Å². The summed E-state index contributed by atoms with van der Waals surface area (Å²) in [5.74, 6) is 0.960. The van der Waals surface area contributed by atoms with E-state index < -0.39 is 0 Å². The van der Waals surface area contributed by atoms with Gasteiger partial charge in [-0.3, -0.25) is 4.79 Å². The highest BCUT2D eigenvalue weighted by molar-refractivity contribution is 7.09. The maximum atomic E-state index is 12.4. The third-order valence-corrected chi connectivity index (χ3v) is 5.73. The van der Waals surface area contributed by atoms with Crippen molar-refractivity contribution in [3.8, 4) is 5.82 Å². The second kappa shape index (κ2) is 7.83. The molecule has 5 nitrogen and oxygen atoms in total. The van der Waals surface area contributed by atoms with Crippen molar-refractivity contribution >= 4 is 17.2 Å². The normalized spacial score (nSPS) is 16.2. The van der Waals surface area contributed by atoms with E-state index in [1.165, 1.54) is 10.6 Å². The van der Waals surface area contributed by atoms with Crippen LogP contribution in [-0.2, 0) is 17.6 Å². The first-order valence-electron chi connectivity index (χ1n) is 9.11. The number of aryl methyl sites for hydroxylation is 1. The van der Waals surface area contributed by atoms with E-state index >= 15 is 0 Å². The molecule has 26 heavy (non-hydrogen) atoms. The Morgan fingerprint density at radius 2 is 2.27 bits per heavy atom. The van der Waals surface area contributed by atoms with Gasteiger partial charge in [-0.15, -0.1) is 11.3 Å². The van der Waals surface area contributed by atoms with E-state index in [1.54, 1.807) is 17.5 Å². The molecule has 3 aromatic rings. The first-order chi connectivity index (χ1) is 12.8. The Bertz CT molecular complexity index is 857. The molecule has 0 fully saturated rings. The van der Waals surface area contributed by atoms with Crippen molar-refractivity contribution < 1.29 is 4.79 Å². The summed E-state index contributed by atoms with van der Waals surface area (Å²) in [7, 11) is 0. The van der Waals surface area contributed by atoms with Crippen molar-refractivity contribution in [2.24, 2.45) is 0 Å². The maximum Gasteiger partial charge on any atom is 0.220 e. The molecular weight excluding hydrogens is 344 g/mol. The van der Waals surface area contributed by atoms with Gasteiger partial charge in [0.05, 0.1) is 17.9 Å². The Morgan fingerprint density at radius 3 is 3.08 bits per heavy atom. The third kappa shape index (κ3) is 3.70. The van der Waals surface area contributed by atoms with Gasteiger partial charge < -0.3 is 5.32 Å². The van der Waals surface area contributed by atoms with Crippen LogP contribution in [0.2, 0.25) is 0 Å². The SMILES string of the molecule is O=C(CCCc1cccs1)NC1CCCc2c1cnn2-c1ccccn1. The van der Waals surface area contributed by atoms with E-state index in [9.17, 15) is 4.79 Å². The van der Waals surface area contributed by atoms with Crippen LogP contribution in [0.3, 0.4) is 0 Å². The van der Waals surface area contributed by atoms with E-state index in [1.807, 2.05) is 29.1 Å². The molecule has 134 valence electrons. The summed E-state index contributed by atoms with van der Waals surface area (Å²) in [6, 6.07) is 10.1. The zero-order valence-electron chi connectivity index (χ0n) is 14.6. The second-order valence-electron chi connectivity index (χ2n) is 6.59. The molecule has 3 aromatic heterocycles. The third-order valence-electron chi connectivity index (χ3n) is 4.79. The molecule has 0 saturated heterocycles. The summed E-state index contributed by atoms with van der Waals surface area (Å²) >= 11 is 1.75. The lowest BCUT2D eigenvalue weighted by Gasteiger charge is -2.24. The molecule has 6 heteroatoms. The Morgan fingerprint density at radius 1 is 1.31 bits per heavy atom. The van der Waals surface area contributed by atoms with Gasteiger partial charge in [-0.2, -0.15) is 5.10 Å². The standard InChI is InChI=1S/C20H22N4OS/c25-20(11-3-6-15-7-5-13-26-15)23-17-8-4-9-18-16(17)14-22-24(18)19-10-1-2-12-21-19/h1-2,5,7,10,12-14,17H,3-4,6,8-9,11H2,(H,23,25). The molecular formula is C20H22N4OS. The molecule has 0 radical (unpaired) electrons. The summed E-state index contributed by atoms with van der Waals surface area (Å²) < 4.78 is 1.91. The van der Waals surface area contributed by atoms with Crippen molar-refractivity contribution in [3.05, 3.63) is 64.2 Å². The summed E-state index contributed by atoms with van der Waals surface area (Å²) in [5.41, 5.74) is 2.30. The highest BCUT2D eigenvalue weighted by atomic mass is 32.1. The van der Waals surface area contributed by atoms with Gasteiger partial charge in [0.15, 0.2) is 5.82 Å². The van der Waals surface area contributed by atoms with Crippen LogP contribution in [-0.4, -0.2) is 20.7 Å². The van der Waals surface area contributed by atoms with Gasteiger partial charge in [0.2, 0.25) is 5.91 Å². The van der Waals surface area contributed by atoms with Gasteiger partial charge in [-0.05, 0) is 55.7 Å². The summed E-state index contributed by atoms with van der Waals surface area (Å²) in [5, 5.41) is 9.82. The lowest BCUT2D eigenvalue weighted by molar-refractivity contribution is -0.122. The Balaban J connectivity index is 1.40. The van der Waals surface area contributed by atoms with Crippen molar-refractivity contribution in [1.82, 2.24) is 20.1 Å². The molecule has 0 saturated carbocycles. The monoisotopic (exact) mass is 366 g/mol. The number of fused-ring (bicyclic) bond motifs is 1. The topological polar surface area (TPSA) is 59.8 Å². The van der Waals surface area contributed by atoms with E-state index in [2.05, 4.69) is 32.9 Å². The minimum Gasteiger partial charge on any atom is -0.349 e. The average Bonchev–Trinajstić information content (AvgIpc) is 3.32. The molecule has 0 bridgehead atoms. The quantitative estimate of drug-likeness (QED) is 0.721. The van der Waals surface area contributed by atoms with Crippen LogP contribution in [0.15, 0.2) is 48.1 Å². The largest absolute Gasteiger partial charge is 0.349 e. The van der Waals surface area contributed by atoms with Crippen LogP contribution < -0.4 is 5.32 Å². The number of nitrogens with zero attached hydrogens (tertiary/aromatic N) is 3. The van der Waals surface area contributed by atoms with Crippen LogP contribution in [0, 0.1) is 0 Å². The second-order valence-corrected chi connectivity index (χ2v) is 7.62. The Hall–Kier alpha value is -2.47. The molecule has 1 amide bonds. The molecule has 1 N–H and O–H groups in total. The maximum absolute atomic E-state index is 12.4. The number of hydrogen-bond donors (Lipinski definition) is 1. The summed E-state index contributed by atoms with van der Waals surface area (Å²) in [4.78, 5) is 18.1. The van der Waals surface area contributed by atoms with Crippen LogP contribution in [0.5, 0.6) is 0 Å². The number of carbonyl (C=O) groups excluding carboxylic acids is 1. The lowest BCUT2D eigenvalue weighted by Crippen LogP contribution is -2.30. The van der Waals surface area contributed by atoms with Crippen molar-refractivity contribution in [3.63, 3.8) is 0 Å². The zero-order chi connectivity index (χ0) is 17.8. The molecule has 1 aliphatic carbocycles. The number of carbonyl (C=O) groups is 1. The smallest absolute Gasteiger partial charge is 0.220 e. The fraction of sp³-hybridized carbons (Fsp3) is 0.350. The molecule has 1 aliphatic rings. The van der Waals surface area contributed by atoms with Crippen LogP contribution in [0.4, 0.5) is 0 Å². The summed E-state index contributed by atoms with van der Waals surface area (Å²) in [6.45, 7) is 0. The summed E-state index contributed by atoms with van der Waals surface area (Å²) in [6.07, 6.45) is 9.08. The Labute approximate surface area is 157 Å². The van der Waals surface area contributed by atoms with E-state index in [4.69, 9.17) is 0 Å². The van der Waals surface area contributed by atoms with Gasteiger partial charge in [0.1, 0.15) is 0 Å². The van der Waals surface area contributed by atoms with Crippen molar-refractivity contribution in [2.45, 2.75) is 44.6 Å². The number of amides is 1. The fourth-order valence-electron chi connectivity index (χ4n) is 3.53. The highest BCUT2D eigenvalue weighted by Gasteiger charge is 2.26. The van der Waals surface area contributed by atoms with E-state index in [0.717, 1.165) is 43.5 Å². The molecule has 0 aliphatic heterocycles. The molecule has 1 atom stereocenters. The van der Waals surface area contributed by atoms with Gasteiger partial charge in [-0.1, -0.05) is 12.1 Å². The number of pyridine rings is 1. The number of aromatic nitrogens is 3. The Kier molecular flexibility index (Phi) is 5.11. The molecule has 0 aromatic carbocycles. The minimum atomic E-state index is 0.0606. The van der Waals surface area contributed by atoms with Crippen LogP contribution in [0.1, 0.15) is 47.9 Å². The first-order valence-corrected chi connectivity index (χ1v) is 9.99. The first kappa shape index (κ1) is 17.0. The average molecular weight is 366 g/mol. The van der Waals surface area contributed by atoms with Gasteiger partial charge in [-0.25, -0.2) is 9.67 Å². The van der Waals surface area contributed by atoms with Gasteiger partial charge in [0.25, 0.3) is 0 Å². The number of thiophene rings is 1. The number of hydrogen-bond acceptors (Lipinski definition) is 4. The molecule has 0 spiro atoms. The fourth-order valence-corrected chi connectivity index (χ4v) is 4.28. The van der Waals surface area contributed by atoms with Crippen molar-refractivity contribution in [1.29, 1.82) is 0 Å². The van der Waals surface area contributed by atoms with Gasteiger partial charge in [0, 0.05) is 23.1 Å². The van der Waals surface area contributed by atoms with Crippen LogP contribution >= 0.6 is 11.3 Å². The van der Waals surface area contributed by atoms with Crippen molar-refractivity contribution in [2.75, 3.05) is 0 Å². The number of nitrogens with one attached hydrogen (secondary N) is 1. The van der Waals surface area contributed by atoms with E-state index in [0.29, 0.717) is 6.42 Å². The molecule has 1 unspecified atom stereocenters. The van der Waals surface area contributed by atoms with Crippen LogP contribution in [0.25, 0.3) is 5.82 Å². The predicted octanol–water partition coefficient (Wildman–Crippen LogP) is 3.85. The molecule has 4 rings (SSSR count). The lowest BCUT2D eigenvalue weighted by atomic mass is 9.92. The predicted molar refractivity (Wildman–Crippen MR) is 102 cm³/mol. The zero-order valence-corrected chi connectivity index (χ0v) is 15.4. The van der Waals surface area contributed by atoms with Gasteiger partial charge >= 0.3 is 0 Å². The molecule has 3 heterocycles. The highest BCUT2D eigenvalue weighted by Crippen LogP contribution is 2.30. The number of rotatable bonds is 6.